The third-order valence-corrected chi connectivity index (χ3v) is 3.96. The molecule has 0 aliphatic rings. The highest BCUT2D eigenvalue weighted by atomic mass is 16.1. The largest absolute Gasteiger partial charge is 0.231 e. The summed E-state index contributed by atoms with van der Waals surface area (Å²) in [6.07, 6.45) is 24.9. The van der Waals surface area contributed by atoms with Crippen LogP contribution in [0.1, 0.15) is 161 Å². The smallest absolute Gasteiger partial charge is 0.222 e. The van der Waals surface area contributed by atoms with Gasteiger partial charge in [0.2, 0.25) is 12.2 Å². The number of carbonyl (C=O) groups excluding carboxylic acids is 2. The Hall–Kier alpha value is -1.24. The minimum absolute atomic E-state index is 0. The van der Waals surface area contributed by atoms with E-state index >= 15 is 0 Å². The van der Waals surface area contributed by atoms with Gasteiger partial charge in [-0.25, -0.2) is 20.4 Å². The average Bonchev–Trinajstić information content (AvgIpc) is 2.57. The topological polar surface area (TPSA) is 81.8 Å². The second kappa shape index (κ2) is 70.8. The van der Waals surface area contributed by atoms with Crippen LogP contribution in [-0.2, 0) is 9.59 Å². The molecule has 0 saturated carbocycles. The first-order valence-corrected chi connectivity index (χ1v) is 9.82. The second-order valence-electron chi connectivity index (χ2n) is 6.15. The van der Waals surface area contributed by atoms with E-state index in [4.69, 9.17) is 20.4 Å². The Morgan fingerprint density at radius 2 is 0.500 bits per heavy atom. The maximum absolute atomic E-state index is 8.35. The van der Waals surface area contributed by atoms with Crippen LogP contribution in [0, 0.1) is 10.8 Å². The molecule has 0 spiro atoms. The molecule has 0 atom stereocenters. The highest BCUT2D eigenvalue weighted by Gasteiger charge is 1.93. The standard InChI is InChI=1S/C18H38.2CHNO.6CH4/c1-3-5-7-9-11-13-15-17-18-16-14-12-10-8-6-4-2;2*2-1-3;;;;;;/h3-18H2,1-2H3;2*2H;6*1H4. The Morgan fingerprint density at radius 3 is 0.600 bits per heavy atom. The number of unbranched alkanes of at least 4 members (excludes halogenated alkanes) is 15. The van der Waals surface area contributed by atoms with Crippen LogP contribution in [-0.4, -0.2) is 12.2 Å². The predicted molar refractivity (Wildman–Crippen MR) is 142 cm³/mol. The molecule has 0 aliphatic carbocycles. The van der Waals surface area contributed by atoms with Crippen LogP contribution < -0.4 is 0 Å². The number of nitrogens with one attached hydrogen (secondary N) is 2. The Labute approximate surface area is 194 Å². The maximum atomic E-state index is 8.35. The lowest BCUT2D eigenvalue weighted by molar-refractivity contribution is 0.531. The SMILES string of the molecule is C.C.C.C.C.C.CCCCCCCCCCCCCCCCCC.N=C=O.N=C=O. The van der Waals surface area contributed by atoms with Crippen LogP contribution in [0.2, 0.25) is 0 Å². The molecule has 0 unspecified atom stereocenters. The number of hydrogen-bond acceptors (Lipinski definition) is 4. The summed E-state index contributed by atoms with van der Waals surface area (Å²) in [6, 6.07) is 0. The summed E-state index contributed by atoms with van der Waals surface area (Å²) in [5, 5.41) is 10.8. The van der Waals surface area contributed by atoms with Crippen molar-refractivity contribution in [2.75, 3.05) is 0 Å². The summed E-state index contributed by atoms with van der Waals surface area (Å²) in [7, 11) is 0. The molecule has 2 N–H and O–H groups in total. The maximum Gasteiger partial charge on any atom is 0.231 e. The lowest BCUT2D eigenvalue weighted by Crippen LogP contribution is -1.83. The molecule has 0 aromatic rings. The van der Waals surface area contributed by atoms with Crippen molar-refractivity contribution in [3.05, 3.63) is 0 Å². The molecule has 0 amide bonds. The van der Waals surface area contributed by atoms with Crippen LogP contribution in [0.25, 0.3) is 0 Å². The summed E-state index contributed by atoms with van der Waals surface area (Å²) < 4.78 is 0. The predicted octanol–water partition coefficient (Wildman–Crippen LogP) is 10.9. The van der Waals surface area contributed by atoms with Gasteiger partial charge in [0.25, 0.3) is 0 Å². The van der Waals surface area contributed by atoms with Gasteiger partial charge >= 0.3 is 0 Å². The van der Waals surface area contributed by atoms with E-state index in [0.717, 1.165) is 12.2 Å². The molecule has 0 heterocycles. The molecule has 0 bridgehead atoms. The third-order valence-electron chi connectivity index (χ3n) is 3.96. The van der Waals surface area contributed by atoms with Gasteiger partial charge in [0, 0.05) is 0 Å². The van der Waals surface area contributed by atoms with Gasteiger partial charge in [-0.05, 0) is 0 Å². The summed E-state index contributed by atoms with van der Waals surface area (Å²) in [6.45, 7) is 4.59. The van der Waals surface area contributed by atoms with Crippen molar-refractivity contribution < 1.29 is 9.59 Å². The highest BCUT2D eigenvalue weighted by Crippen LogP contribution is 2.13. The minimum atomic E-state index is 0. The van der Waals surface area contributed by atoms with Crippen molar-refractivity contribution in [3.8, 4) is 0 Å². The summed E-state index contributed by atoms with van der Waals surface area (Å²) in [5.41, 5.74) is 0. The number of rotatable bonds is 15. The van der Waals surface area contributed by atoms with Crippen LogP contribution in [0.4, 0.5) is 0 Å². The molecule has 30 heavy (non-hydrogen) atoms. The normalized spacial score (nSPS) is 7.13. The minimum Gasteiger partial charge on any atom is -0.222 e. The lowest BCUT2D eigenvalue weighted by Gasteiger charge is -2.03. The van der Waals surface area contributed by atoms with Crippen molar-refractivity contribution in [3.63, 3.8) is 0 Å². The first-order chi connectivity index (χ1) is 11.7. The van der Waals surface area contributed by atoms with Gasteiger partial charge in [-0.2, -0.15) is 0 Å². The molecule has 0 rings (SSSR count). The second-order valence-corrected chi connectivity index (χ2v) is 6.15. The molecule has 4 heteroatoms. The van der Waals surface area contributed by atoms with Gasteiger partial charge in [-0.3, -0.25) is 0 Å². The van der Waals surface area contributed by atoms with E-state index in [1.165, 1.54) is 103 Å². The molecular weight excluding hydrogens is 372 g/mol. The molecule has 0 radical (unpaired) electrons. The molecule has 0 aromatic heterocycles. The van der Waals surface area contributed by atoms with E-state index in [9.17, 15) is 0 Å². The van der Waals surface area contributed by atoms with Gasteiger partial charge in [-0.1, -0.05) is 161 Å². The van der Waals surface area contributed by atoms with Crippen molar-refractivity contribution in [1.82, 2.24) is 0 Å². The first kappa shape index (κ1) is 56.8. The molecule has 0 aliphatic heterocycles. The van der Waals surface area contributed by atoms with Gasteiger partial charge in [0.1, 0.15) is 0 Å². The Bertz CT molecular complexity index is 242. The average molecular weight is 437 g/mol. The lowest BCUT2D eigenvalue weighted by atomic mass is 10.0. The van der Waals surface area contributed by atoms with Gasteiger partial charge in [-0.15, -0.1) is 0 Å². The van der Waals surface area contributed by atoms with E-state index in [1.807, 2.05) is 0 Å². The van der Waals surface area contributed by atoms with E-state index in [1.54, 1.807) is 0 Å². The van der Waals surface area contributed by atoms with Crippen LogP contribution in [0.5, 0.6) is 0 Å². The summed E-state index contributed by atoms with van der Waals surface area (Å²) in [4.78, 5) is 16.7. The molecule has 0 fully saturated rings. The number of isocyanates is 2. The van der Waals surface area contributed by atoms with Crippen molar-refractivity contribution in [2.24, 2.45) is 0 Å². The van der Waals surface area contributed by atoms with Gasteiger partial charge < -0.3 is 0 Å². The van der Waals surface area contributed by atoms with Crippen LogP contribution >= 0.6 is 0 Å². The van der Waals surface area contributed by atoms with E-state index < -0.39 is 0 Å². The fourth-order valence-electron chi connectivity index (χ4n) is 2.62. The quantitative estimate of drug-likeness (QED) is 0.152. The van der Waals surface area contributed by atoms with Crippen molar-refractivity contribution >= 4 is 12.2 Å². The van der Waals surface area contributed by atoms with E-state index in [-0.39, 0.29) is 44.6 Å². The van der Waals surface area contributed by atoms with Crippen LogP contribution in [0.15, 0.2) is 0 Å². The van der Waals surface area contributed by atoms with E-state index in [0.29, 0.717) is 0 Å². The molecule has 0 saturated heterocycles. The van der Waals surface area contributed by atoms with Gasteiger partial charge in [0.15, 0.2) is 0 Å². The zero-order valence-corrected chi connectivity index (χ0v) is 16.1. The molecule has 0 aromatic carbocycles. The zero-order valence-electron chi connectivity index (χ0n) is 16.1. The molecule has 190 valence electrons. The van der Waals surface area contributed by atoms with Crippen LogP contribution in [0.3, 0.4) is 0 Å². The monoisotopic (exact) mass is 436 g/mol. The summed E-state index contributed by atoms with van der Waals surface area (Å²) >= 11 is 0. The Balaban J connectivity index is -0.0000000469. The fraction of sp³-hybridized carbons (Fsp3) is 0.923. The Morgan fingerprint density at radius 1 is 0.400 bits per heavy atom. The molecule has 4 nitrogen and oxygen atoms in total. The summed E-state index contributed by atoms with van der Waals surface area (Å²) in [5.74, 6) is 0. The highest BCUT2D eigenvalue weighted by molar-refractivity contribution is 5.26. The fourth-order valence-corrected chi connectivity index (χ4v) is 2.62. The van der Waals surface area contributed by atoms with E-state index in [2.05, 4.69) is 13.8 Å². The first-order valence-electron chi connectivity index (χ1n) is 9.82. The number of hydrogen-bond donors (Lipinski definition) is 2. The van der Waals surface area contributed by atoms with Gasteiger partial charge in [0.05, 0.1) is 0 Å². The Kier molecular flexibility index (Phi) is 134. The van der Waals surface area contributed by atoms with Crippen molar-refractivity contribution in [2.45, 2.75) is 161 Å². The zero-order chi connectivity index (χ0) is 18.7. The third kappa shape index (κ3) is 93.8. The van der Waals surface area contributed by atoms with Crippen molar-refractivity contribution in [1.29, 1.82) is 10.8 Å². The molecular formula is C26H64N2O2.